The molecule has 2 rings (SSSR count). The minimum Gasteiger partial charge on any atom is -0.507 e. The number of carbonyl (C=O) groups excluding carboxylic acids is 2. The second kappa shape index (κ2) is 7.60. The first-order valence-electron chi connectivity index (χ1n) is 6.65. The third-order valence-corrected chi connectivity index (χ3v) is 3.51. The van der Waals surface area contributed by atoms with Crippen LogP contribution in [-0.2, 0) is 9.59 Å². The molecule has 6 heteroatoms. The summed E-state index contributed by atoms with van der Waals surface area (Å²) in [6, 6.07) is 13.3. The van der Waals surface area contributed by atoms with Gasteiger partial charge < -0.3 is 15.2 Å². The van der Waals surface area contributed by atoms with Crippen LogP contribution in [0.25, 0.3) is 5.76 Å². The number of ether oxygens (including phenoxy) is 1. The van der Waals surface area contributed by atoms with E-state index in [1.165, 1.54) is 7.11 Å². The largest absolute Gasteiger partial charge is 0.507 e. The highest BCUT2D eigenvalue weighted by Gasteiger charge is 2.13. The van der Waals surface area contributed by atoms with Crippen molar-refractivity contribution in [1.29, 1.82) is 0 Å². The molecule has 0 spiro atoms. The number of hydrogen-bond donors (Lipinski definition) is 2. The van der Waals surface area contributed by atoms with Gasteiger partial charge in [-0.05, 0) is 36.4 Å². The molecular weight excluding hydrogens is 362 g/mol. The fourth-order valence-corrected chi connectivity index (χ4v) is 2.03. The van der Waals surface area contributed by atoms with E-state index in [-0.39, 0.29) is 5.76 Å². The van der Waals surface area contributed by atoms with Crippen molar-refractivity contribution in [2.24, 2.45) is 0 Å². The summed E-state index contributed by atoms with van der Waals surface area (Å²) in [6.07, 6.45) is 0.891. The highest BCUT2D eigenvalue weighted by Crippen LogP contribution is 2.17. The standard InChI is InChI=1S/C17H14BrNO4/c1-23-14-8-6-13(7-9-14)19-17(22)16(21)10-15(20)11-2-4-12(18)5-3-11/h2-10,20H,1H3,(H,19,22)/b15-10-. The lowest BCUT2D eigenvalue weighted by Crippen LogP contribution is -2.21. The Labute approximate surface area is 141 Å². The van der Waals surface area contributed by atoms with E-state index < -0.39 is 11.7 Å². The number of anilines is 1. The van der Waals surface area contributed by atoms with Crippen LogP contribution in [0, 0.1) is 0 Å². The molecular formula is C17H14BrNO4. The molecule has 2 aromatic carbocycles. The fraction of sp³-hybridized carbons (Fsp3) is 0.0588. The molecule has 23 heavy (non-hydrogen) atoms. The van der Waals surface area contributed by atoms with E-state index in [0.29, 0.717) is 17.0 Å². The molecule has 0 saturated carbocycles. The molecule has 2 aromatic rings. The fourth-order valence-electron chi connectivity index (χ4n) is 1.76. The third-order valence-electron chi connectivity index (χ3n) is 2.98. The van der Waals surface area contributed by atoms with Gasteiger partial charge in [0, 0.05) is 21.8 Å². The second-order valence-electron chi connectivity index (χ2n) is 4.58. The van der Waals surface area contributed by atoms with E-state index in [1.807, 2.05) is 0 Å². The molecule has 0 aliphatic carbocycles. The van der Waals surface area contributed by atoms with Gasteiger partial charge in [0.1, 0.15) is 11.5 Å². The average molecular weight is 376 g/mol. The summed E-state index contributed by atoms with van der Waals surface area (Å²) in [5.41, 5.74) is 0.902. The number of hydrogen-bond acceptors (Lipinski definition) is 4. The molecule has 0 aliphatic rings. The number of carbonyl (C=O) groups is 2. The number of methoxy groups -OCH3 is 1. The molecule has 0 unspecified atom stereocenters. The molecule has 1 amide bonds. The lowest BCUT2D eigenvalue weighted by atomic mass is 10.1. The summed E-state index contributed by atoms with van der Waals surface area (Å²) in [6.45, 7) is 0. The van der Waals surface area contributed by atoms with Gasteiger partial charge in [-0.25, -0.2) is 0 Å². The Morgan fingerprint density at radius 2 is 1.70 bits per heavy atom. The van der Waals surface area contributed by atoms with E-state index in [0.717, 1.165) is 10.5 Å². The SMILES string of the molecule is COc1ccc(NC(=O)C(=O)/C=C(\O)c2ccc(Br)cc2)cc1. The van der Waals surface area contributed by atoms with Crippen molar-refractivity contribution in [2.75, 3.05) is 12.4 Å². The van der Waals surface area contributed by atoms with Crippen molar-refractivity contribution >= 4 is 39.1 Å². The Kier molecular flexibility index (Phi) is 5.54. The van der Waals surface area contributed by atoms with Crippen molar-refractivity contribution in [3.05, 3.63) is 64.6 Å². The van der Waals surface area contributed by atoms with Gasteiger partial charge in [0.25, 0.3) is 5.91 Å². The van der Waals surface area contributed by atoms with Gasteiger partial charge in [-0.2, -0.15) is 0 Å². The highest BCUT2D eigenvalue weighted by atomic mass is 79.9. The lowest BCUT2D eigenvalue weighted by Gasteiger charge is -2.05. The monoisotopic (exact) mass is 375 g/mol. The van der Waals surface area contributed by atoms with Crippen LogP contribution < -0.4 is 10.1 Å². The van der Waals surface area contributed by atoms with Crippen LogP contribution in [0.3, 0.4) is 0 Å². The number of aliphatic hydroxyl groups excluding tert-OH is 1. The first kappa shape index (κ1) is 16.8. The number of amides is 1. The quantitative estimate of drug-likeness (QED) is 0.475. The van der Waals surface area contributed by atoms with Gasteiger partial charge in [0.05, 0.1) is 7.11 Å². The van der Waals surface area contributed by atoms with Gasteiger partial charge in [-0.1, -0.05) is 28.1 Å². The molecule has 0 radical (unpaired) electrons. The molecule has 0 aromatic heterocycles. The summed E-state index contributed by atoms with van der Waals surface area (Å²) < 4.78 is 5.85. The van der Waals surface area contributed by atoms with Crippen LogP contribution in [0.2, 0.25) is 0 Å². The van der Waals surface area contributed by atoms with Crippen molar-refractivity contribution in [1.82, 2.24) is 0 Å². The number of halogens is 1. The zero-order chi connectivity index (χ0) is 16.8. The van der Waals surface area contributed by atoms with Gasteiger partial charge >= 0.3 is 0 Å². The van der Waals surface area contributed by atoms with Crippen molar-refractivity contribution in [3.63, 3.8) is 0 Å². The third kappa shape index (κ3) is 4.69. The van der Waals surface area contributed by atoms with Crippen LogP contribution in [0.1, 0.15) is 5.56 Å². The van der Waals surface area contributed by atoms with Gasteiger partial charge in [0.15, 0.2) is 0 Å². The van der Waals surface area contributed by atoms with Crippen molar-refractivity contribution in [3.8, 4) is 5.75 Å². The van der Waals surface area contributed by atoms with E-state index in [4.69, 9.17) is 4.74 Å². The predicted molar refractivity (Wildman–Crippen MR) is 91.4 cm³/mol. The summed E-state index contributed by atoms with van der Waals surface area (Å²) in [5, 5.41) is 12.3. The van der Waals surface area contributed by atoms with Crippen molar-refractivity contribution < 1.29 is 19.4 Å². The average Bonchev–Trinajstić information content (AvgIpc) is 2.56. The van der Waals surface area contributed by atoms with E-state index in [2.05, 4.69) is 21.2 Å². The highest BCUT2D eigenvalue weighted by molar-refractivity contribution is 9.10. The van der Waals surface area contributed by atoms with Gasteiger partial charge in [-0.15, -0.1) is 0 Å². The summed E-state index contributed by atoms with van der Waals surface area (Å²) in [5.74, 6) is -1.31. The lowest BCUT2D eigenvalue weighted by molar-refractivity contribution is -0.131. The maximum absolute atomic E-state index is 11.8. The predicted octanol–water partition coefficient (Wildman–Crippen LogP) is 3.56. The molecule has 0 saturated heterocycles. The van der Waals surface area contributed by atoms with Crippen LogP contribution in [0.15, 0.2) is 59.1 Å². The maximum atomic E-state index is 11.8. The van der Waals surface area contributed by atoms with Crippen LogP contribution in [0.5, 0.6) is 5.75 Å². The Morgan fingerprint density at radius 3 is 2.26 bits per heavy atom. The minimum absolute atomic E-state index is 0.271. The normalized spacial score (nSPS) is 11.0. The first-order chi connectivity index (χ1) is 11.0. The zero-order valence-electron chi connectivity index (χ0n) is 12.2. The number of ketones is 1. The molecule has 5 nitrogen and oxygen atoms in total. The summed E-state index contributed by atoms with van der Waals surface area (Å²) in [4.78, 5) is 23.7. The zero-order valence-corrected chi connectivity index (χ0v) is 13.8. The number of benzene rings is 2. The van der Waals surface area contributed by atoms with Crippen LogP contribution in [0.4, 0.5) is 5.69 Å². The molecule has 0 heterocycles. The Bertz CT molecular complexity index is 736. The number of rotatable bonds is 5. The molecule has 0 bridgehead atoms. The molecule has 0 aliphatic heterocycles. The molecule has 0 fully saturated rings. The first-order valence-corrected chi connectivity index (χ1v) is 7.45. The molecule has 2 N–H and O–H groups in total. The summed E-state index contributed by atoms with van der Waals surface area (Å²) >= 11 is 3.27. The summed E-state index contributed by atoms with van der Waals surface area (Å²) in [7, 11) is 1.53. The molecule has 0 atom stereocenters. The minimum atomic E-state index is -0.846. The topological polar surface area (TPSA) is 75.6 Å². The van der Waals surface area contributed by atoms with E-state index in [1.54, 1.807) is 48.5 Å². The van der Waals surface area contributed by atoms with Crippen molar-refractivity contribution in [2.45, 2.75) is 0 Å². The van der Waals surface area contributed by atoms with Gasteiger partial charge in [0.2, 0.25) is 5.78 Å². The van der Waals surface area contributed by atoms with E-state index >= 15 is 0 Å². The van der Waals surface area contributed by atoms with Crippen LogP contribution in [-0.4, -0.2) is 23.9 Å². The van der Waals surface area contributed by atoms with Gasteiger partial charge in [-0.3, -0.25) is 9.59 Å². The Hall–Kier alpha value is -2.60. The Balaban J connectivity index is 2.05. The van der Waals surface area contributed by atoms with Crippen LogP contribution >= 0.6 is 15.9 Å². The Morgan fingerprint density at radius 1 is 1.09 bits per heavy atom. The smallest absolute Gasteiger partial charge is 0.296 e. The van der Waals surface area contributed by atoms with E-state index in [9.17, 15) is 14.7 Å². The number of aliphatic hydroxyl groups is 1. The maximum Gasteiger partial charge on any atom is 0.296 e. The number of nitrogens with one attached hydrogen (secondary N) is 1. The second-order valence-corrected chi connectivity index (χ2v) is 5.50. The molecule has 118 valence electrons.